The van der Waals surface area contributed by atoms with E-state index in [0.717, 1.165) is 5.76 Å². The molecule has 0 amide bonds. The van der Waals surface area contributed by atoms with E-state index in [1.165, 1.54) is 6.42 Å². The van der Waals surface area contributed by atoms with E-state index in [0.29, 0.717) is 60.6 Å². The quantitative estimate of drug-likeness (QED) is 0.337. The van der Waals surface area contributed by atoms with Crippen LogP contribution in [-0.2, 0) is 11.3 Å². The Hall–Kier alpha value is -2.93. The average Bonchev–Trinajstić information content (AvgIpc) is 3.27. The van der Waals surface area contributed by atoms with Gasteiger partial charge in [-0.2, -0.15) is 5.10 Å². The van der Waals surface area contributed by atoms with Gasteiger partial charge >= 0.3 is 0 Å². The van der Waals surface area contributed by atoms with E-state index >= 15 is 0 Å². The molecule has 29 heavy (non-hydrogen) atoms. The molecule has 2 aromatic heterocycles. The van der Waals surface area contributed by atoms with Crippen LogP contribution in [0, 0.1) is 5.92 Å². The lowest BCUT2D eigenvalue weighted by Gasteiger charge is -2.12. The Labute approximate surface area is 169 Å². The predicted octanol–water partition coefficient (Wildman–Crippen LogP) is 3.99. The molecular formula is C22H26N4O3. The van der Waals surface area contributed by atoms with E-state index in [1.807, 2.05) is 37.3 Å². The number of fused-ring (bicyclic) bond motifs is 1. The van der Waals surface area contributed by atoms with Gasteiger partial charge in [-0.25, -0.2) is 10.4 Å². The summed E-state index contributed by atoms with van der Waals surface area (Å²) in [6, 6.07) is 11.2. The van der Waals surface area contributed by atoms with Crippen LogP contribution >= 0.6 is 0 Å². The van der Waals surface area contributed by atoms with Crippen molar-refractivity contribution in [2.24, 2.45) is 11.0 Å². The van der Waals surface area contributed by atoms with Crippen molar-refractivity contribution in [1.29, 1.82) is 0 Å². The fraction of sp³-hybridized carbons (Fsp3) is 0.409. The zero-order chi connectivity index (χ0) is 20.2. The summed E-state index contributed by atoms with van der Waals surface area (Å²) in [5.74, 6) is 3.32. The number of nitrogens with zero attached hydrogens (tertiary/aromatic N) is 3. The summed E-state index contributed by atoms with van der Waals surface area (Å²) in [5, 5.41) is 4.85. The minimum Gasteiger partial charge on any atom is -0.460 e. The van der Waals surface area contributed by atoms with Crippen LogP contribution in [-0.4, -0.2) is 29.0 Å². The first-order chi connectivity index (χ1) is 14.2. The van der Waals surface area contributed by atoms with Gasteiger partial charge < -0.3 is 9.15 Å². The molecule has 2 heterocycles. The molecule has 0 bridgehead atoms. The van der Waals surface area contributed by atoms with Crippen LogP contribution in [0.2, 0.25) is 0 Å². The van der Waals surface area contributed by atoms with Crippen molar-refractivity contribution < 1.29 is 9.15 Å². The Bertz CT molecular complexity index is 1070. The third-order valence-corrected chi connectivity index (χ3v) is 5.21. The van der Waals surface area contributed by atoms with Crippen molar-refractivity contribution in [3.8, 4) is 0 Å². The van der Waals surface area contributed by atoms with Gasteiger partial charge in [0.15, 0.2) is 0 Å². The van der Waals surface area contributed by atoms with Gasteiger partial charge in [-0.1, -0.05) is 19.1 Å². The third kappa shape index (κ3) is 4.40. The van der Waals surface area contributed by atoms with Gasteiger partial charge in [0.25, 0.3) is 5.56 Å². The molecule has 4 rings (SSSR count). The van der Waals surface area contributed by atoms with E-state index in [9.17, 15) is 4.79 Å². The smallest absolute Gasteiger partial charge is 0.262 e. The number of aromatic nitrogens is 2. The van der Waals surface area contributed by atoms with Crippen LogP contribution in [0.3, 0.4) is 0 Å². The molecular weight excluding hydrogens is 368 g/mol. The van der Waals surface area contributed by atoms with Crippen LogP contribution in [0.25, 0.3) is 10.9 Å². The van der Waals surface area contributed by atoms with Crippen molar-refractivity contribution in [3.63, 3.8) is 0 Å². The molecule has 7 heteroatoms. The van der Waals surface area contributed by atoms with Gasteiger partial charge in [0, 0.05) is 25.7 Å². The Balaban J connectivity index is 1.54. The number of anilines is 1. The normalized spacial score (nSPS) is 18.6. The highest BCUT2D eigenvalue weighted by Gasteiger charge is 2.36. The van der Waals surface area contributed by atoms with Crippen LogP contribution in [0.1, 0.15) is 44.1 Å². The molecule has 3 aromatic rings. The number of hydrogen-bond donors (Lipinski definition) is 1. The van der Waals surface area contributed by atoms with Crippen molar-refractivity contribution in [2.75, 3.05) is 18.6 Å². The summed E-state index contributed by atoms with van der Waals surface area (Å²) < 4.78 is 12.8. The zero-order valence-corrected chi connectivity index (χ0v) is 16.8. The molecule has 1 aliphatic carbocycles. The fourth-order valence-corrected chi connectivity index (χ4v) is 3.44. The summed E-state index contributed by atoms with van der Waals surface area (Å²) in [7, 11) is 0. The van der Waals surface area contributed by atoms with Gasteiger partial charge in [-0.05, 0) is 49.9 Å². The molecule has 0 unspecified atom stereocenters. The van der Waals surface area contributed by atoms with E-state index in [2.05, 4.69) is 22.4 Å². The van der Waals surface area contributed by atoms with Crippen LogP contribution < -0.4 is 11.0 Å². The first-order valence-corrected chi connectivity index (χ1v) is 10.1. The molecule has 0 spiro atoms. The molecule has 0 radical (unpaired) electrons. The van der Waals surface area contributed by atoms with Gasteiger partial charge in [0.1, 0.15) is 11.5 Å². The standard InChI is InChI=1S/C22H26N4O3/c1-3-28-12-6-11-26-21(27)17-7-4-5-8-19(17)24-22(26)25-23-14-16-9-10-20(29-16)18-13-15(18)2/h4-5,7-10,14-15,18H,3,6,11-13H2,1-2H3,(H,24,25)/b23-14-/t15-,18+/m0/s1. The molecule has 0 saturated heterocycles. The van der Waals surface area contributed by atoms with Crippen LogP contribution in [0.4, 0.5) is 5.95 Å². The Morgan fingerprint density at radius 2 is 2.17 bits per heavy atom. The number of ether oxygens (including phenoxy) is 1. The summed E-state index contributed by atoms with van der Waals surface area (Å²) >= 11 is 0. The largest absolute Gasteiger partial charge is 0.460 e. The predicted molar refractivity (Wildman–Crippen MR) is 114 cm³/mol. The Morgan fingerprint density at radius 1 is 1.34 bits per heavy atom. The number of para-hydroxylation sites is 1. The maximum Gasteiger partial charge on any atom is 0.262 e. The van der Waals surface area contributed by atoms with Crippen LogP contribution in [0.15, 0.2) is 50.7 Å². The monoisotopic (exact) mass is 394 g/mol. The maximum atomic E-state index is 12.9. The SMILES string of the molecule is CCOCCCn1c(N/N=C\c2ccc([C@@H]3C[C@@H]3C)o2)nc2ccccc2c1=O. The van der Waals surface area contributed by atoms with E-state index < -0.39 is 0 Å². The van der Waals surface area contributed by atoms with Crippen molar-refractivity contribution in [1.82, 2.24) is 9.55 Å². The molecule has 2 atom stereocenters. The highest BCUT2D eigenvalue weighted by atomic mass is 16.5. The molecule has 1 aromatic carbocycles. The second kappa shape index (κ2) is 8.61. The number of benzene rings is 1. The zero-order valence-electron chi connectivity index (χ0n) is 16.8. The lowest BCUT2D eigenvalue weighted by molar-refractivity contribution is 0.141. The highest BCUT2D eigenvalue weighted by molar-refractivity contribution is 5.79. The second-order valence-corrected chi connectivity index (χ2v) is 7.39. The van der Waals surface area contributed by atoms with Crippen molar-refractivity contribution >= 4 is 23.1 Å². The molecule has 0 aliphatic heterocycles. The van der Waals surface area contributed by atoms with Crippen molar-refractivity contribution in [2.45, 2.75) is 39.2 Å². The lowest BCUT2D eigenvalue weighted by atomic mass is 10.2. The summed E-state index contributed by atoms with van der Waals surface area (Å²) in [6.45, 7) is 5.92. The van der Waals surface area contributed by atoms with E-state index in [-0.39, 0.29) is 5.56 Å². The first-order valence-electron chi connectivity index (χ1n) is 10.1. The Kier molecular flexibility index (Phi) is 5.76. The van der Waals surface area contributed by atoms with Crippen molar-refractivity contribution in [3.05, 3.63) is 58.3 Å². The summed E-state index contributed by atoms with van der Waals surface area (Å²) in [6.07, 6.45) is 3.51. The topological polar surface area (TPSA) is 81.7 Å². The second-order valence-electron chi connectivity index (χ2n) is 7.39. The summed E-state index contributed by atoms with van der Waals surface area (Å²) in [4.78, 5) is 17.5. The minimum absolute atomic E-state index is 0.0900. The molecule has 1 N–H and O–H groups in total. The molecule has 7 nitrogen and oxygen atoms in total. The molecule has 1 aliphatic rings. The third-order valence-electron chi connectivity index (χ3n) is 5.21. The first kappa shape index (κ1) is 19.4. The lowest BCUT2D eigenvalue weighted by Crippen LogP contribution is -2.25. The van der Waals surface area contributed by atoms with E-state index in [1.54, 1.807) is 16.8 Å². The average molecular weight is 394 g/mol. The Morgan fingerprint density at radius 3 is 2.97 bits per heavy atom. The number of nitrogens with one attached hydrogen (secondary N) is 1. The van der Waals surface area contributed by atoms with Gasteiger partial charge in [0.2, 0.25) is 5.95 Å². The summed E-state index contributed by atoms with van der Waals surface area (Å²) in [5.41, 5.74) is 3.47. The van der Waals surface area contributed by atoms with Crippen LogP contribution in [0.5, 0.6) is 0 Å². The fourth-order valence-electron chi connectivity index (χ4n) is 3.44. The maximum absolute atomic E-state index is 12.9. The number of furan rings is 1. The van der Waals surface area contributed by atoms with Gasteiger partial charge in [0.05, 0.1) is 17.1 Å². The number of hydrogen-bond acceptors (Lipinski definition) is 6. The highest BCUT2D eigenvalue weighted by Crippen LogP contribution is 2.47. The number of hydrazone groups is 1. The molecule has 152 valence electrons. The van der Waals surface area contributed by atoms with Gasteiger partial charge in [-0.15, -0.1) is 0 Å². The minimum atomic E-state index is -0.0900. The van der Waals surface area contributed by atoms with E-state index in [4.69, 9.17) is 9.15 Å². The molecule has 1 saturated carbocycles. The number of rotatable bonds is 9. The molecule has 1 fully saturated rings. The van der Waals surface area contributed by atoms with Gasteiger partial charge in [-0.3, -0.25) is 9.36 Å².